The third-order valence-corrected chi connectivity index (χ3v) is 1.51. The standard InChI is InChI=1S/C9H12N2O/c1-10-9-5-3-8(4-6-9)7-11-12-2/h3-7,10H,1-2H3/b11-7+. The molecule has 0 aromatic heterocycles. The molecule has 0 radical (unpaired) electrons. The zero-order chi connectivity index (χ0) is 8.81. The molecule has 64 valence electrons. The van der Waals surface area contributed by atoms with Gasteiger partial charge in [-0.1, -0.05) is 17.3 Å². The molecule has 1 aromatic carbocycles. The maximum absolute atomic E-state index is 4.56. The van der Waals surface area contributed by atoms with Crippen molar-refractivity contribution in [2.45, 2.75) is 0 Å². The molecule has 1 aromatic rings. The second kappa shape index (κ2) is 4.38. The number of rotatable bonds is 3. The maximum Gasteiger partial charge on any atom is 0.106 e. The molecule has 0 saturated carbocycles. The molecule has 3 heteroatoms. The van der Waals surface area contributed by atoms with Gasteiger partial charge in [-0.25, -0.2) is 0 Å². The van der Waals surface area contributed by atoms with E-state index in [2.05, 4.69) is 15.3 Å². The fourth-order valence-electron chi connectivity index (χ4n) is 0.849. The SMILES string of the molecule is CNc1ccc(/C=N/OC)cc1. The van der Waals surface area contributed by atoms with Crippen LogP contribution >= 0.6 is 0 Å². The Bertz CT molecular complexity index is 254. The third kappa shape index (κ3) is 2.27. The predicted octanol–water partition coefficient (Wildman–Crippen LogP) is 1.71. The molecule has 0 heterocycles. The largest absolute Gasteiger partial charge is 0.399 e. The first-order valence-corrected chi connectivity index (χ1v) is 3.71. The summed E-state index contributed by atoms with van der Waals surface area (Å²) in [7, 11) is 3.41. The highest BCUT2D eigenvalue weighted by atomic mass is 16.6. The van der Waals surface area contributed by atoms with E-state index in [1.165, 1.54) is 7.11 Å². The normalized spacial score (nSPS) is 10.2. The van der Waals surface area contributed by atoms with Gasteiger partial charge in [0.25, 0.3) is 0 Å². The Balaban J connectivity index is 2.71. The van der Waals surface area contributed by atoms with Crippen LogP contribution in [0.5, 0.6) is 0 Å². The Morgan fingerprint density at radius 3 is 2.50 bits per heavy atom. The van der Waals surface area contributed by atoms with E-state index >= 15 is 0 Å². The molecule has 3 nitrogen and oxygen atoms in total. The van der Waals surface area contributed by atoms with Crippen LogP contribution in [0.1, 0.15) is 5.56 Å². The van der Waals surface area contributed by atoms with Crippen molar-refractivity contribution in [3.05, 3.63) is 29.8 Å². The van der Waals surface area contributed by atoms with Crippen LogP contribution in [0.25, 0.3) is 0 Å². The summed E-state index contributed by atoms with van der Waals surface area (Å²) in [5, 5.41) is 6.69. The van der Waals surface area contributed by atoms with Crippen LogP contribution in [0.3, 0.4) is 0 Å². The van der Waals surface area contributed by atoms with E-state index in [0.717, 1.165) is 11.3 Å². The van der Waals surface area contributed by atoms with E-state index in [-0.39, 0.29) is 0 Å². The van der Waals surface area contributed by atoms with Crippen LogP contribution in [0.15, 0.2) is 29.4 Å². The van der Waals surface area contributed by atoms with Crippen molar-refractivity contribution in [1.29, 1.82) is 0 Å². The maximum atomic E-state index is 4.56. The lowest BCUT2D eigenvalue weighted by molar-refractivity contribution is 0.215. The first-order chi connectivity index (χ1) is 5.86. The number of oxime groups is 1. The van der Waals surface area contributed by atoms with Gasteiger partial charge in [-0.2, -0.15) is 0 Å². The molecule has 0 aliphatic rings. The Labute approximate surface area is 72.0 Å². The van der Waals surface area contributed by atoms with Crippen molar-refractivity contribution in [3.8, 4) is 0 Å². The van der Waals surface area contributed by atoms with Crippen LogP contribution in [-0.2, 0) is 4.84 Å². The molecule has 12 heavy (non-hydrogen) atoms. The minimum Gasteiger partial charge on any atom is -0.399 e. The van der Waals surface area contributed by atoms with Gasteiger partial charge in [0.1, 0.15) is 7.11 Å². The van der Waals surface area contributed by atoms with E-state index in [0.29, 0.717) is 0 Å². The van der Waals surface area contributed by atoms with Crippen LogP contribution in [0, 0.1) is 0 Å². The van der Waals surface area contributed by atoms with Gasteiger partial charge < -0.3 is 10.2 Å². The van der Waals surface area contributed by atoms with Gasteiger partial charge in [-0.3, -0.25) is 0 Å². The van der Waals surface area contributed by atoms with E-state index in [1.807, 2.05) is 31.3 Å². The summed E-state index contributed by atoms with van der Waals surface area (Å²) in [5.74, 6) is 0. The predicted molar refractivity (Wildman–Crippen MR) is 50.6 cm³/mol. The number of nitrogens with one attached hydrogen (secondary N) is 1. The van der Waals surface area contributed by atoms with Gasteiger partial charge >= 0.3 is 0 Å². The molecule has 0 amide bonds. The Hall–Kier alpha value is -1.51. The molecule has 0 saturated heterocycles. The van der Waals surface area contributed by atoms with Gasteiger partial charge in [0, 0.05) is 12.7 Å². The average molecular weight is 164 g/mol. The van der Waals surface area contributed by atoms with E-state index in [1.54, 1.807) is 6.21 Å². The van der Waals surface area contributed by atoms with Gasteiger partial charge in [0.15, 0.2) is 0 Å². The summed E-state index contributed by atoms with van der Waals surface area (Å²) in [4.78, 5) is 4.56. The number of anilines is 1. The van der Waals surface area contributed by atoms with E-state index in [4.69, 9.17) is 0 Å². The number of hydrogen-bond donors (Lipinski definition) is 1. The van der Waals surface area contributed by atoms with E-state index in [9.17, 15) is 0 Å². The summed E-state index contributed by atoms with van der Waals surface area (Å²) < 4.78 is 0. The molecular formula is C9H12N2O. The molecular weight excluding hydrogens is 152 g/mol. The minimum atomic E-state index is 1.02. The second-order valence-corrected chi connectivity index (χ2v) is 2.29. The smallest absolute Gasteiger partial charge is 0.106 e. The Kier molecular flexibility index (Phi) is 3.14. The summed E-state index contributed by atoms with van der Waals surface area (Å²) in [5.41, 5.74) is 2.11. The monoisotopic (exact) mass is 164 g/mol. The molecule has 0 aliphatic carbocycles. The topological polar surface area (TPSA) is 33.6 Å². The van der Waals surface area contributed by atoms with Gasteiger partial charge in [-0.05, 0) is 17.7 Å². The van der Waals surface area contributed by atoms with Crippen molar-refractivity contribution in [1.82, 2.24) is 0 Å². The molecule has 0 bridgehead atoms. The number of nitrogens with zero attached hydrogens (tertiary/aromatic N) is 1. The number of hydrogen-bond acceptors (Lipinski definition) is 3. The molecule has 0 atom stereocenters. The first-order valence-electron chi connectivity index (χ1n) is 3.71. The number of benzene rings is 1. The Morgan fingerprint density at radius 2 is 2.00 bits per heavy atom. The molecule has 0 unspecified atom stereocenters. The van der Waals surface area contributed by atoms with Crippen LogP contribution < -0.4 is 5.32 Å². The second-order valence-electron chi connectivity index (χ2n) is 2.29. The van der Waals surface area contributed by atoms with Crippen molar-refractivity contribution in [2.75, 3.05) is 19.5 Å². The zero-order valence-corrected chi connectivity index (χ0v) is 7.24. The van der Waals surface area contributed by atoms with Crippen molar-refractivity contribution >= 4 is 11.9 Å². The molecule has 1 rings (SSSR count). The molecule has 0 spiro atoms. The lowest BCUT2D eigenvalue weighted by atomic mass is 10.2. The van der Waals surface area contributed by atoms with Crippen molar-refractivity contribution < 1.29 is 4.84 Å². The summed E-state index contributed by atoms with van der Waals surface area (Å²) in [6.07, 6.45) is 1.67. The quantitative estimate of drug-likeness (QED) is 0.545. The van der Waals surface area contributed by atoms with Gasteiger partial charge in [0.05, 0.1) is 6.21 Å². The highest BCUT2D eigenvalue weighted by molar-refractivity contribution is 5.79. The molecule has 0 fully saturated rings. The lowest BCUT2D eigenvalue weighted by Gasteiger charge is -1.98. The lowest BCUT2D eigenvalue weighted by Crippen LogP contribution is -1.88. The third-order valence-electron chi connectivity index (χ3n) is 1.51. The minimum absolute atomic E-state index is 1.02. The van der Waals surface area contributed by atoms with Crippen molar-refractivity contribution in [2.24, 2.45) is 5.16 Å². The summed E-state index contributed by atoms with van der Waals surface area (Å²) >= 11 is 0. The van der Waals surface area contributed by atoms with Crippen LogP contribution in [-0.4, -0.2) is 20.4 Å². The van der Waals surface area contributed by atoms with Crippen LogP contribution in [0.4, 0.5) is 5.69 Å². The highest BCUT2D eigenvalue weighted by Crippen LogP contribution is 2.06. The molecule has 0 aliphatic heterocycles. The van der Waals surface area contributed by atoms with E-state index < -0.39 is 0 Å². The summed E-state index contributed by atoms with van der Waals surface area (Å²) in [6.45, 7) is 0. The zero-order valence-electron chi connectivity index (χ0n) is 7.24. The fourth-order valence-corrected chi connectivity index (χ4v) is 0.849. The summed E-state index contributed by atoms with van der Waals surface area (Å²) in [6, 6.07) is 7.90. The Morgan fingerprint density at radius 1 is 1.33 bits per heavy atom. The van der Waals surface area contributed by atoms with Gasteiger partial charge in [-0.15, -0.1) is 0 Å². The fraction of sp³-hybridized carbons (Fsp3) is 0.222. The van der Waals surface area contributed by atoms with Crippen molar-refractivity contribution in [3.63, 3.8) is 0 Å². The molecule has 1 N–H and O–H groups in total. The van der Waals surface area contributed by atoms with Gasteiger partial charge in [0.2, 0.25) is 0 Å². The highest BCUT2D eigenvalue weighted by Gasteiger charge is 1.88. The average Bonchev–Trinajstić information content (AvgIpc) is 2.15. The first kappa shape index (κ1) is 8.59. The van der Waals surface area contributed by atoms with Crippen LogP contribution in [0.2, 0.25) is 0 Å².